The van der Waals surface area contributed by atoms with E-state index in [1.54, 1.807) is 30.3 Å². The van der Waals surface area contributed by atoms with Crippen molar-refractivity contribution in [3.63, 3.8) is 0 Å². The van der Waals surface area contributed by atoms with E-state index in [9.17, 15) is 24.3 Å². The molecule has 0 radical (unpaired) electrons. The summed E-state index contributed by atoms with van der Waals surface area (Å²) in [5.41, 5.74) is 3.45. The predicted molar refractivity (Wildman–Crippen MR) is 162 cm³/mol. The van der Waals surface area contributed by atoms with Crippen LogP contribution in [0.3, 0.4) is 0 Å². The molecule has 0 bridgehead atoms. The van der Waals surface area contributed by atoms with E-state index in [1.807, 2.05) is 18.2 Å². The number of phenols is 1. The fourth-order valence-corrected chi connectivity index (χ4v) is 8.03. The lowest BCUT2D eigenvalue weighted by Crippen LogP contribution is -2.39. The molecule has 5 aliphatic rings. The van der Waals surface area contributed by atoms with Gasteiger partial charge >= 0.3 is 0 Å². The number of benzene rings is 2. The molecular weight excluding hydrogens is 668 g/mol. The molecule has 214 valence electrons. The Balaban J connectivity index is 1.28. The van der Waals surface area contributed by atoms with Gasteiger partial charge < -0.3 is 14.7 Å². The molecule has 42 heavy (non-hydrogen) atoms. The number of imide groups is 1. The third-order valence-electron chi connectivity index (χ3n) is 9.12. The van der Waals surface area contributed by atoms with Crippen LogP contribution in [0, 0.1) is 17.8 Å². The van der Waals surface area contributed by atoms with E-state index in [-0.39, 0.29) is 40.0 Å². The molecule has 2 aromatic rings. The van der Waals surface area contributed by atoms with Crippen molar-refractivity contribution >= 4 is 66.6 Å². The molecule has 0 spiro atoms. The number of halogens is 2. The Kier molecular flexibility index (Phi) is 6.83. The molecule has 2 heterocycles. The standard InChI is InChI=1S/C32H26Br2N2O6/c33-16-1-8-25(37)22(13-16)27-19-6-7-20-28(21(19)14-23-29(27)26(38)15-24(34)30(23)39)32(41)36(31(20)40)18-4-2-17(3-5-18)35-9-11-42-12-10-35/h1-6,8,13,15,20-21,27-28,37H,7,9-12,14H2/t20-,21+,27+,28-/m0/s1. The highest BCUT2D eigenvalue weighted by molar-refractivity contribution is 9.12. The normalized spacial score (nSPS) is 27.5. The van der Waals surface area contributed by atoms with Crippen LogP contribution in [0.25, 0.3) is 0 Å². The molecule has 0 unspecified atom stereocenters. The van der Waals surface area contributed by atoms with Gasteiger partial charge in [0, 0.05) is 52.0 Å². The molecule has 2 saturated heterocycles. The van der Waals surface area contributed by atoms with Crippen LogP contribution in [0.1, 0.15) is 24.3 Å². The summed E-state index contributed by atoms with van der Waals surface area (Å²) >= 11 is 6.71. The van der Waals surface area contributed by atoms with Gasteiger partial charge in [-0.1, -0.05) is 27.6 Å². The molecule has 10 heteroatoms. The first-order valence-electron chi connectivity index (χ1n) is 13.9. The van der Waals surface area contributed by atoms with Gasteiger partial charge in [0.25, 0.3) is 0 Å². The monoisotopic (exact) mass is 692 g/mol. The van der Waals surface area contributed by atoms with Gasteiger partial charge in [-0.2, -0.15) is 0 Å². The first-order valence-corrected chi connectivity index (χ1v) is 15.5. The Labute approximate surface area is 258 Å². The van der Waals surface area contributed by atoms with Crippen LogP contribution in [0.2, 0.25) is 0 Å². The molecule has 2 aromatic carbocycles. The smallest absolute Gasteiger partial charge is 0.238 e. The number of allylic oxidation sites excluding steroid dienone is 6. The van der Waals surface area contributed by atoms with Gasteiger partial charge in [-0.05, 0) is 77.2 Å². The summed E-state index contributed by atoms with van der Waals surface area (Å²) in [6.07, 6.45) is 3.73. The summed E-state index contributed by atoms with van der Waals surface area (Å²) in [5.74, 6) is -3.63. The number of rotatable bonds is 3. The average molecular weight is 694 g/mol. The number of hydrogen-bond donors (Lipinski definition) is 1. The average Bonchev–Trinajstić information content (AvgIpc) is 3.26. The maximum Gasteiger partial charge on any atom is 0.238 e. The molecule has 0 saturated carbocycles. The van der Waals surface area contributed by atoms with Crippen LogP contribution in [0.4, 0.5) is 11.4 Å². The van der Waals surface area contributed by atoms with Gasteiger partial charge in [0.15, 0.2) is 11.6 Å². The van der Waals surface area contributed by atoms with Gasteiger partial charge in [0.2, 0.25) is 11.8 Å². The minimum absolute atomic E-state index is 0.0107. The lowest BCUT2D eigenvalue weighted by atomic mass is 9.59. The van der Waals surface area contributed by atoms with E-state index in [4.69, 9.17) is 4.74 Å². The number of amides is 2. The number of aromatic hydroxyl groups is 1. The number of ketones is 2. The van der Waals surface area contributed by atoms with Crippen molar-refractivity contribution in [2.75, 3.05) is 36.1 Å². The Hall–Kier alpha value is -3.34. The molecule has 2 amide bonds. The quantitative estimate of drug-likeness (QED) is 0.276. The summed E-state index contributed by atoms with van der Waals surface area (Å²) in [5, 5.41) is 10.9. The second kappa shape index (κ2) is 10.4. The first kappa shape index (κ1) is 27.5. The summed E-state index contributed by atoms with van der Waals surface area (Å²) in [4.78, 5) is 58.2. The van der Waals surface area contributed by atoms with Crippen LogP contribution < -0.4 is 9.80 Å². The molecule has 8 nitrogen and oxygen atoms in total. The second-order valence-electron chi connectivity index (χ2n) is 11.2. The van der Waals surface area contributed by atoms with E-state index < -0.39 is 23.7 Å². The van der Waals surface area contributed by atoms with Crippen molar-refractivity contribution in [2.24, 2.45) is 17.8 Å². The van der Waals surface area contributed by atoms with E-state index in [0.29, 0.717) is 46.5 Å². The maximum absolute atomic E-state index is 14.1. The van der Waals surface area contributed by atoms with E-state index in [0.717, 1.165) is 24.4 Å². The topological polar surface area (TPSA) is 104 Å². The third-order valence-corrected chi connectivity index (χ3v) is 10.2. The van der Waals surface area contributed by atoms with E-state index in [2.05, 4.69) is 36.8 Å². The number of hydrogen-bond acceptors (Lipinski definition) is 7. The molecule has 1 N–H and O–H groups in total. The number of fused-ring (bicyclic) bond motifs is 3. The molecule has 0 aromatic heterocycles. The number of carbonyl (C=O) groups is 4. The Bertz CT molecular complexity index is 1650. The maximum atomic E-state index is 14.1. The summed E-state index contributed by atoms with van der Waals surface area (Å²) in [7, 11) is 0. The lowest BCUT2D eigenvalue weighted by molar-refractivity contribution is -0.123. The van der Waals surface area contributed by atoms with Gasteiger partial charge in [-0.3, -0.25) is 24.1 Å². The largest absolute Gasteiger partial charge is 0.508 e. The van der Waals surface area contributed by atoms with Crippen molar-refractivity contribution < 1.29 is 29.0 Å². The molecule has 2 fully saturated rings. The highest BCUT2D eigenvalue weighted by Crippen LogP contribution is 2.56. The van der Waals surface area contributed by atoms with Gasteiger partial charge in [0.05, 0.1) is 35.2 Å². The number of morpholine rings is 1. The number of anilines is 2. The zero-order chi connectivity index (χ0) is 29.3. The second-order valence-corrected chi connectivity index (χ2v) is 13.0. The van der Waals surface area contributed by atoms with Crippen LogP contribution in [0.15, 0.2) is 80.3 Å². The fraction of sp³-hybridized carbons (Fsp3) is 0.312. The number of Topliss-reactive ketones (excluding diaryl/α,β-unsaturated/α-hetero) is 1. The van der Waals surface area contributed by atoms with Gasteiger partial charge in [-0.25, -0.2) is 0 Å². The molecule has 4 atom stereocenters. The first-order chi connectivity index (χ1) is 20.2. The summed E-state index contributed by atoms with van der Waals surface area (Å²) in [6, 6.07) is 12.5. The third kappa shape index (κ3) is 4.26. The Morgan fingerprint density at radius 3 is 2.33 bits per heavy atom. The highest BCUT2D eigenvalue weighted by atomic mass is 79.9. The molecule has 3 aliphatic carbocycles. The van der Waals surface area contributed by atoms with E-state index >= 15 is 0 Å². The molecule has 7 rings (SSSR count). The number of nitrogens with zero attached hydrogens (tertiary/aromatic N) is 2. The van der Waals surface area contributed by atoms with Gasteiger partial charge in [0.1, 0.15) is 5.75 Å². The number of ether oxygens (including phenoxy) is 1. The number of carbonyl (C=O) groups excluding carboxylic acids is 4. The zero-order valence-electron chi connectivity index (χ0n) is 22.4. The van der Waals surface area contributed by atoms with Crippen molar-refractivity contribution in [1.29, 1.82) is 0 Å². The SMILES string of the molecule is O=C1C=C(Br)C(=O)C2=C1[C@@H](c1cc(Br)ccc1O)C1=CC[C@@H]3C(=O)N(c4ccc(N5CCOCC5)cc4)C(=O)[C@@H]3[C@@H]1C2. The van der Waals surface area contributed by atoms with Crippen molar-refractivity contribution in [2.45, 2.75) is 18.8 Å². The van der Waals surface area contributed by atoms with Crippen molar-refractivity contribution in [1.82, 2.24) is 0 Å². The number of phenolic OH excluding ortho intramolecular Hbond substituents is 1. The Morgan fingerprint density at radius 1 is 0.881 bits per heavy atom. The van der Waals surface area contributed by atoms with Crippen LogP contribution in [-0.2, 0) is 23.9 Å². The fourth-order valence-electron chi connectivity index (χ4n) is 7.21. The summed E-state index contributed by atoms with van der Waals surface area (Å²) < 4.78 is 6.32. The van der Waals surface area contributed by atoms with E-state index in [1.165, 1.54) is 11.0 Å². The van der Waals surface area contributed by atoms with Crippen LogP contribution in [0.5, 0.6) is 5.75 Å². The highest BCUT2D eigenvalue weighted by Gasteiger charge is 2.57. The van der Waals surface area contributed by atoms with Crippen LogP contribution >= 0.6 is 31.9 Å². The molecular formula is C32H26Br2N2O6. The molecule has 2 aliphatic heterocycles. The predicted octanol–water partition coefficient (Wildman–Crippen LogP) is 4.96. The minimum atomic E-state index is -0.713. The Morgan fingerprint density at radius 2 is 1.60 bits per heavy atom. The minimum Gasteiger partial charge on any atom is -0.508 e. The summed E-state index contributed by atoms with van der Waals surface area (Å²) in [6.45, 7) is 2.87. The van der Waals surface area contributed by atoms with Crippen molar-refractivity contribution in [3.05, 3.63) is 85.9 Å². The zero-order valence-corrected chi connectivity index (χ0v) is 25.6. The lowest BCUT2D eigenvalue weighted by Gasteiger charge is -2.42. The van der Waals surface area contributed by atoms with Gasteiger partial charge in [-0.15, -0.1) is 0 Å². The van der Waals surface area contributed by atoms with Crippen molar-refractivity contribution in [3.8, 4) is 5.75 Å². The van der Waals surface area contributed by atoms with Crippen LogP contribution in [-0.4, -0.2) is 54.8 Å².